The molecule has 2 aromatic rings. The third kappa shape index (κ3) is 1.70. The van der Waals surface area contributed by atoms with Crippen LogP contribution in [0.5, 0.6) is 0 Å². The number of aliphatic hydroxyl groups excluding tert-OH is 2. The van der Waals surface area contributed by atoms with Gasteiger partial charge in [-0.25, -0.2) is 9.97 Å². The van der Waals surface area contributed by atoms with E-state index in [9.17, 15) is 15.3 Å². The molecule has 1 saturated heterocycles. The first-order valence-electron chi connectivity index (χ1n) is 6.62. The maximum absolute atomic E-state index is 10.5. The number of ether oxygens (including phenoxy) is 1. The van der Waals surface area contributed by atoms with Crippen molar-refractivity contribution in [3.8, 4) is 0 Å². The van der Waals surface area contributed by atoms with E-state index in [1.807, 2.05) is 0 Å². The van der Waals surface area contributed by atoms with Gasteiger partial charge in [0.25, 0.3) is 0 Å². The Kier molecular flexibility index (Phi) is 2.64. The van der Waals surface area contributed by atoms with E-state index in [-0.39, 0.29) is 11.9 Å². The molecule has 0 saturated carbocycles. The topological polar surface area (TPSA) is 127 Å². The van der Waals surface area contributed by atoms with Crippen molar-refractivity contribution in [3.63, 3.8) is 0 Å². The number of aromatic nitrogens is 3. The van der Waals surface area contributed by atoms with E-state index in [0.717, 1.165) is 0 Å². The molecule has 2 aromatic heterocycles. The average Bonchev–Trinajstić information content (AvgIpc) is 2.87. The van der Waals surface area contributed by atoms with Crippen molar-refractivity contribution >= 4 is 16.9 Å². The standard InChI is InChI=1S/C12H16N4O4/c1-12(19)8(18)7(4-17)20-11(12)16-3-2-6-9(13)14-5-15-10(6)16/h2-3,5,7-8,11,17-19H,4H2,1H3,(H2,13,14,15)/t7?,8-,11?,12+/m1/s1/i2T. The summed E-state index contributed by atoms with van der Waals surface area (Å²) in [5, 5.41) is 30.1. The lowest BCUT2D eigenvalue weighted by atomic mass is 9.96. The molecule has 8 nitrogen and oxygen atoms in total. The summed E-state index contributed by atoms with van der Waals surface area (Å²) in [6.07, 6.45) is -0.534. The zero-order valence-corrected chi connectivity index (χ0v) is 10.8. The molecule has 0 bridgehead atoms. The first-order chi connectivity index (χ1) is 9.87. The highest BCUT2D eigenvalue weighted by Crippen LogP contribution is 2.39. The molecule has 1 aliphatic heterocycles. The minimum Gasteiger partial charge on any atom is -0.394 e. The largest absolute Gasteiger partial charge is 0.394 e. The average molecular weight is 282 g/mol. The molecule has 0 amide bonds. The van der Waals surface area contributed by atoms with Crippen LogP contribution in [0, 0.1) is 0 Å². The number of hydrogen-bond donors (Lipinski definition) is 4. The van der Waals surface area contributed by atoms with Gasteiger partial charge in [-0.2, -0.15) is 0 Å². The Morgan fingerprint density at radius 1 is 1.60 bits per heavy atom. The zero-order valence-electron chi connectivity index (χ0n) is 11.8. The SMILES string of the molecule is [3H]c1cn(C2OC(CO)[C@@H](O)[C@]2(C)O)c2ncnc(N)c12. The van der Waals surface area contributed by atoms with Crippen LogP contribution in [0.1, 0.15) is 14.5 Å². The number of hydrogen-bond acceptors (Lipinski definition) is 7. The Hall–Kier alpha value is -1.74. The second-order valence-corrected chi connectivity index (χ2v) is 5.02. The molecule has 1 fully saturated rings. The van der Waals surface area contributed by atoms with Crippen LogP contribution in [0.3, 0.4) is 0 Å². The van der Waals surface area contributed by atoms with Gasteiger partial charge in [0.15, 0.2) is 6.23 Å². The molecule has 0 spiro atoms. The molecule has 0 radical (unpaired) electrons. The van der Waals surface area contributed by atoms with E-state index >= 15 is 0 Å². The highest BCUT2D eigenvalue weighted by atomic mass is 16.6. The monoisotopic (exact) mass is 282 g/mol. The second kappa shape index (κ2) is 4.38. The summed E-state index contributed by atoms with van der Waals surface area (Å²) in [6, 6.07) is 0.0874. The molecule has 0 aromatic carbocycles. The number of nitrogens with zero attached hydrogens (tertiary/aromatic N) is 3. The van der Waals surface area contributed by atoms with Gasteiger partial charge in [0, 0.05) is 6.20 Å². The highest BCUT2D eigenvalue weighted by molar-refractivity contribution is 5.86. The molecule has 8 heteroatoms. The van der Waals surface area contributed by atoms with E-state index in [4.69, 9.17) is 11.8 Å². The molecule has 108 valence electrons. The summed E-state index contributed by atoms with van der Waals surface area (Å²) >= 11 is 0. The Morgan fingerprint density at radius 2 is 2.35 bits per heavy atom. The van der Waals surface area contributed by atoms with Gasteiger partial charge in [0.1, 0.15) is 35.6 Å². The van der Waals surface area contributed by atoms with E-state index in [1.54, 1.807) is 0 Å². The van der Waals surface area contributed by atoms with Crippen LogP contribution >= 0.6 is 0 Å². The van der Waals surface area contributed by atoms with Crippen molar-refractivity contribution in [3.05, 3.63) is 18.6 Å². The normalized spacial score (nSPS) is 34.6. The molecular formula is C12H16N4O4. The van der Waals surface area contributed by atoms with E-state index in [2.05, 4.69) is 9.97 Å². The third-order valence-electron chi connectivity index (χ3n) is 3.64. The van der Waals surface area contributed by atoms with E-state index in [1.165, 1.54) is 24.0 Å². The van der Waals surface area contributed by atoms with Gasteiger partial charge in [-0.1, -0.05) is 0 Å². The van der Waals surface area contributed by atoms with Crippen LogP contribution in [-0.2, 0) is 4.74 Å². The highest BCUT2D eigenvalue weighted by Gasteiger charge is 2.53. The zero-order chi connectivity index (χ0) is 15.4. The number of anilines is 1. The number of aliphatic hydroxyl groups is 3. The fourth-order valence-electron chi connectivity index (χ4n) is 2.49. The molecule has 1 aliphatic rings. The summed E-state index contributed by atoms with van der Waals surface area (Å²) in [5.74, 6) is 0.153. The minimum atomic E-state index is -1.65. The minimum absolute atomic E-state index is 0.0874. The van der Waals surface area contributed by atoms with Gasteiger partial charge in [-0.05, 0) is 13.0 Å². The van der Waals surface area contributed by atoms with Crippen LogP contribution in [0.2, 0.25) is 0 Å². The van der Waals surface area contributed by atoms with Gasteiger partial charge in [0.2, 0.25) is 0 Å². The van der Waals surface area contributed by atoms with Crippen molar-refractivity contribution in [2.45, 2.75) is 31.0 Å². The lowest BCUT2D eigenvalue weighted by Crippen LogP contribution is -2.44. The van der Waals surface area contributed by atoms with Crippen molar-refractivity contribution in [2.24, 2.45) is 0 Å². The Labute approximate surface area is 115 Å². The summed E-state index contributed by atoms with van der Waals surface area (Å²) in [7, 11) is 0. The molecule has 3 rings (SSSR count). The first kappa shape index (κ1) is 12.0. The summed E-state index contributed by atoms with van der Waals surface area (Å²) in [5.41, 5.74) is 4.42. The lowest BCUT2D eigenvalue weighted by Gasteiger charge is -2.27. The van der Waals surface area contributed by atoms with Gasteiger partial charge in [0.05, 0.1) is 13.4 Å². The lowest BCUT2D eigenvalue weighted by molar-refractivity contribution is -0.0948. The van der Waals surface area contributed by atoms with Gasteiger partial charge >= 0.3 is 0 Å². The molecule has 2 unspecified atom stereocenters. The fourth-order valence-corrected chi connectivity index (χ4v) is 2.49. The number of rotatable bonds is 2. The molecule has 5 N–H and O–H groups in total. The number of nitrogens with two attached hydrogens (primary N) is 1. The quantitative estimate of drug-likeness (QED) is 0.557. The Morgan fingerprint density at radius 3 is 3.00 bits per heavy atom. The van der Waals surface area contributed by atoms with Crippen molar-refractivity contribution in [1.29, 1.82) is 0 Å². The summed E-state index contributed by atoms with van der Waals surface area (Å²) < 4.78 is 14.9. The van der Waals surface area contributed by atoms with Crippen LogP contribution in [-0.4, -0.2) is 54.3 Å². The third-order valence-corrected chi connectivity index (χ3v) is 3.64. The second-order valence-electron chi connectivity index (χ2n) is 5.02. The summed E-state index contributed by atoms with van der Waals surface area (Å²) in [6.45, 7) is 0.968. The molecule has 0 aliphatic carbocycles. The smallest absolute Gasteiger partial charge is 0.167 e. The van der Waals surface area contributed by atoms with Crippen molar-refractivity contribution < 1.29 is 21.4 Å². The van der Waals surface area contributed by atoms with Gasteiger partial charge in [-0.15, -0.1) is 0 Å². The predicted molar refractivity (Wildman–Crippen MR) is 69.6 cm³/mol. The Bertz CT molecular complexity index is 689. The van der Waals surface area contributed by atoms with Crippen LogP contribution in [0.15, 0.2) is 18.6 Å². The Balaban J connectivity index is 2.15. The fraction of sp³-hybridized carbons (Fsp3) is 0.500. The molecule has 4 atom stereocenters. The maximum atomic E-state index is 10.5. The molecule has 20 heavy (non-hydrogen) atoms. The van der Waals surface area contributed by atoms with Crippen LogP contribution in [0.4, 0.5) is 5.82 Å². The van der Waals surface area contributed by atoms with Crippen molar-refractivity contribution in [1.82, 2.24) is 14.5 Å². The van der Waals surface area contributed by atoms with Gasteiger partial charge < -0.3 is 30.4 Å². The number of fused-ring (bicyclic) bond motifs is 1. The maximum Gasteiger partial charge on any atom is 0.167 e. The molecule has 3 heterocycles. The van der Waals surface area contributed by atoms with Crippen molar-refractivity contribution in [2.75, 3.05) is 12.3 Å². The van der Waals surface area contributed by atoms with Crippen LogP contribution < -0.4 is 5.73 Å². The predicted octanol–water partition coefficient (Wildman–Crippen LogP) is -0.985. The van der Waals surface area contributed by atoms with E-state index in [0.29, 0.717) is 11.0 Å². The van der Waals surface area contributed by atoms with E-state index < -0.39 is 30.6 Å². The first-order valence-corrected chi connectivity index (χ1v) is 6.12. The molecular weight excluding hydrogens is 264 g/mol. The van der Waals surface area contributed by atoms with Gasteiger partial charge in [-0.3, -0.25) is 0 Å². The van der Waals surface area contributed by atoms with Crippen LogP contribution in [0.25, 0.3) is 11.0 Å². The number of nitrogen functional groups attached to an aromatic ring is 1. The summed E-state index contributed by atoms with van der Waals surface area (Å²) in [4.78, 5) is 7.90.